The van der Waals surface area contributed by atoms with Crippen molar-refractivity contribution >= 4 is 0 Å². The molecular weight excluding hydrogens is 627 g/mol. The minimum absolute atomic E-state index is 0.308. The number of hydrogen-bond donors (Lipinski definition) is 3. The van der Waals surface area contributed by atoms with Crippen molar-refractivity contribution < 1.29 is 9.47 Å². The van der Waals surface area contributed by atoms with Gasteiger partial charge >= 0.3 is 0 Å². The standard InChI is InChI=1S/C46H89N3O2/c1-5-6-7-8-9-10-11-12-13-14-15-16-17-18-31-49-32-19-22-37(2)41-25-26-42-40-24-23-38-35-39(50-33-20-29-47)27-28-45(38,3)43(40)36-44(46(41,42)4)51-34-21-30-48/h37-44,49H,5-36,47-48H2,1-4H3/t37?,38?,39-,40?,41?,42+,43+,44+,45?,46?/m1/s1. The van der Waals surface area contributed by atoms with Gasteiger partial charge in [0.15, 0.2) is 0 Å². The molecule has 51 heavy (non-hydrogen) atoms. The Kier molecular flexibility index (Phi) is 20.2. The number of nitrogens with one attached hydrogen (secondary N) is 1. The fraction of sp³-hybridized carbons (Fsp3) is 1.00. The van der Waals surface area contributed by atoms with Crippen LogP contribution >= 0.6 is 0 Å². The summed E-state index contributed by atoms with van der Waals surface area (Å²) in [5, 5.41) is 3.82. The van der Waals surface area contributed by atoms with Crippen LogP contribution in [-0.4, -0.2) is 51.6 Å². The summed E-state index contributed by atoms with van der Waals surface area (Å²) >= 11 is 0. The number of unbranched alkanes of at least 4 members (excludes halogenated alkanes) is 13. The lowest BCUT2D eigenvalue weighted by Crippen LogP contribution is -2.59. The first-order valence-electron chi connectivity index (χ1n) is 23.2. The van der Waals surface area contributed by atoms with Gasteiger partial charge in [0.1, 0.15) is 0 Å². The zero-order valence-corrected chi connectivity index (χ0v) is 34.7. The van der Waals surface area contributed by atoms with Gasteiger partial charge in [-0.05, 0) is 156 Å². The van der Waals surface area contributed by atoms with Crippen LogP contribution < -0.4 is 16.8 Å². The average molecular weight is 716 g/mol. The summed E-state index contributed by atoms with van der Waals surface area (Å²) in [6.45, 7) is 15.8. The van der Waals surface area contributed by atoms with E-state index in [1.54, 1.807) is 0 Å². The predicted octanol–water partition coefficient (Wildman–Crippen LogP) is 11.2. The molecule has 0 radical (unpaired) electrons. The number of ether oxygens (including phenoxy) is 2. The molecule has 4 fully saturated rings. The Hall–Kier alpha value is -0.200. The smallest absolute Gasteiger partial charge is 0.0637 e. The number of hydrogen-bond acceptors (Lipinski definition) is 5. The van der Waals surface area contributed by atoms with E-state index >= 15 is 0 Å². The Morgan fingerprint density at radius 2 is 1.25 bits per heavy atom. The topological polar surface area (TPSA) is 82.5 Å². The van der Waals surface area contributed by atoms with Crippen LogP contribution in [0.5, 0.6) is 0 Å². The van der Waals surface area contributed by atoms with Gasteiger partial charge in [0.2, 0.25) is 0 Å². The molecule has 0 aromatic carbocycles. The highest BCUT2D eigenvalue weighted by Crippen LogP contribution is 2.69. The molecule has 0 spiro atoms. The molecule has 4 rings (SSSR count). The Morgan fingerprint density at radius 1 is 0.647 bits per heavy atom. The minimum Gasteiger partial charge on any atom is -0.378 e. The van der Waals surface area contributed by atoms with E-state index in [1.165, 1.54) is 167 Å². The van der Waals surface area contributed by atoms with Crippen LogP contribution in [0, 0.1) is 46.3 Å². The molecule has 4 saturated carbocycles. The van der Waals surface area contributed by atoms with Crippen LogP contribution in [0.2, 0.25) is 0 Å². The summed E-state index contributed by atoms with van der Waals surface area (Å²) < 4.78 is 13.3. The first-order chi connectivity index (χ1) is 24.9. The lowest BCUT2D eigenvalue weighted by Gasteiger charge is -2.63. The second-order valence-corrected chi connectivity index (χ2v) is 18.8. The van der Waals surface area contributed by atoms with Gasteiger partial charge in [-0.1, -0.05) is 111 Å². The van der Waals surface area contributed by atoms with Crippen LogP contribution in [0.3, 0.4) is 0 Å². The summed E-state index contributed by atoms with van der Waals surface area (Å²) in [4.78, 5) is 0. The zero-order chi connectivity index (χ0) is 36.4. The SMILES string of the molecule is CCCCCCCCCCCCCCCCNCCCC(C)C1CC[C@H]2C3CCC4C[C@H](OCCCN)CCC4(C)[C@H]3C[C@H](OCCCN)C12C. The highest BCUT2D eigenvalue weighted by atomic mass is 16.5. The molecule has 0 amide bonds. The Morgan fingerprint density at radius 3 is 1.90 bits per heavy atom. The van der Waals surface area contributed by atoms with Gasteiger partial charge in [-0.25, -0.2) is 0 Å². The highest BCUT2D eigenvalue weighted by Gasteiger charge is 2.64. The molecular formula is C46H89N3O2. The van der Waals surface area contributed by atoms with Gasteiger partial charge in [0.05, 0.1) is 12.2 Å². The molecule has 4 aliphatic rings. The van der Waals surface area contributed by atoms with E-state index in [4.69, 9.17) is 20.9 Å². The average Bonchev–Trinajstić information content (AvgIpc) is 3.49. The lowest BCUT2D eigenvalue weighted by atomic mass is 9.43. The largest absolute Gasteiger partial charge is 0.378 e. The molecule has 6 unspecified atom stereocenters. The number of fused-ring (bicyclic) bond motifs is 5. The molecule has 0 saturated heterocycles. The summed E-state index contributed by atoms with van der Waals surface area (Å²) in [5.41, 5.74) is 12.5. The van der Waals surface area contributed by atoms with Crippen LogP contribution in [-0.2, 0) is 9.47 Å². The van der Waals surface area contributed by atoms with Crippen molar-refractivity contribution in [2.24, 2.45) is 57.8 Å². The van der Waals surface area contributed by atoms with Crippen LogP contribution in [0.4, 0.5) is 0 Å². The molecule has 0 heterocycles. The van der Waals surface area contributed by atoms with Gasteiger partial charge in [-0.3, -0.25) is 0 Å². The molecule has 10 atom stereocenters. The molecule has 0 aromatic heterocycles. The van der Waals surface area contributed by atoms with E-state index in [0.717, 1.165) is 74.7 Å². The van der Waals surface area contributed by atoms with E-state index < -0.39 is 0 Å². The molecule has 5 N–H and O–H groups in total. The fourth-order valence-corrected chi connectivity index (χ4v) is 12.5. The van der Waals surface area contributed by atoms with Crippen molar-refractivity contribution in [3.8, 4) is 0 Å². The first kappa shape index (κ1) is 43.5. The lowest BCUT2D eigenvalue weighted by molar-refractivity contribution is -0.192. The summed E-state index contributed by atoms with van der Waals surface area (Å²) in [5.74, 6) is 4.86. The normalized spacial score (nSPS) is 33.9. The maximum atomic E-state index is 6.99. The van der Waals surface area contributed by atoms with Crippen molar-refractivity contribution in [1.82, 2.24) is 5.32 Å². The van der Waals surface area contributed by atoms with Gasteiger partial charge in [0.25, 0.3) is 0 Å². The third-order valence-corrected chi connectivity index (χ3v) is 15.5. The Balaban J connectivity index is 1.16. The molecule has 5 nitrogen and oxygen atoms in total. The summed E-state index contributed by atoms with van der Waals surface area (Å²) in [6.07, 6.45) is 36.3. The molecule has 5 heteroatoms. The van der Waals surface area contributed by atoms with Crippen LogP contribution in [0.15, 0.2) is 0 Å². The van der Waals surface area contributed by atoms with E-state index in [0.29, 0.717) is 23.0 Å². The summed E-state index contributed by atoms with van der Waals surface area (Å²) in [7, 11) is 0. The fourth-order valence-electron chi connectivity index (χ4n) is 12.5. The van der Waals surface area contributed by atoms with E-state index in [-0.39, 0.29) is 0 Å². The van der Waals surface area contributed by atoms with Gasteiger partial charge in [-0.2, -0.15) is 0 Å². The maximum Gasteiger partial charge on any atom is 0.0637 e. The molecule has 300 valence electrons. The molecule has 4 aliphatic carbocycles. The first-order valence-corrected chi connectivity index (χ1v) is 23.2. The van der Waals surface area contributed by atoms with Gasteiger partial charge in [0, 0.05) is 13.2 Å². The van der Waals surface area contributed by atoms with E-state index in [1.807, 2.05) is 0 Å². The third-order valence-electron chi connectivity index (χ3n) is 15.5. The molecule has 0 aliphatic heterocycles. The quantitative estimate of drug-likeness (QED) is 0.0703. The van der Waals surface area contributed by atoms with Crippen LogP contribution in [0.1, 0.15) is 195 Å². The number of rotatable bonds is 28. The molecule has 0 bridgehead atoms. The van der Waals surface area contributed by atoms with Crippen molar-refractivity contribution in [3.63, 3.8) is 0 Å². The van der Waals surface area contributed by atoms with Gasteiger partial charge < -0.3 is 26.3 Å². The van der Waals surface area contributed by atoms with Crippen molar-refractivity contribution in [1.29, 1.82) is 0 Å². The Bertz CT molecular complexity index is 902. The van der Waals surface area contributed by atoms with Gasteiger partial charge in [-0.15, -0.1) is 0 Å². The van der Waals surface area contributed by atoms with Crippen LogP contribution in [0.25, 0.3) is 0 Å². The van der Waals surface area contributed by atoms with E-state index in [2.05, 4.69) is 33.0 Å². The Labute approximate surface area is 318 Å². The predicted molar refractivity (Wildman–Crippen MR) is 219 cm³/mol. The number of nitrogens with two attached hydrogens (primary N) is 2. The van der Waals surface area contributed by atoms with Crippen molar-refractivity contribution in [2.75, 3.05) is 39.4 Å². The second-order valence-electron chi connectivity index (χ2n) is 18.8. The van der Waals surface area contributed by atoms with Crippen molar-refractivity contribution in [3.05, 3.63) is 0 Å². The third kappa shape index (κ3) is 12.4. The highest BCUT2D eigenvalue weighted by molar-refractivity contribution is 5.13. The van der Waals surface area contributed by atoms with E-state index in [9.17, 15) is 0 Å². The second kappa shape index (κ2) is 23.7. The minimum atomic E-state index is 0.308. The summed E-state index contributed by atoms with van der Waals surface area (Å²) in [6, 6.07) is 0. The van der Waals surface area contributed by atoms with Crippen molar-refractivity contribution in [2.45, 2.75) is 207 Å². The zero-order valence-electron chi connectivity index (χ0n) is 34.7. The molecule has 0 aromatic rings. The maximum absolute atomic E-state index is 6.99. The monoisotopic (exact) mass is 716 g/mol.